The summed E-state index contributed by atoms with van der Waals surface area (Å²) in [6, 6.07) is 11.1. The Morgan fingerprint density at radius 1 is 1.04 bits per heavy atom. The monoisotopic (exact) mass is 380 g/mol. The van der Waals surface area contributed by atoms with Gasteiger partial charge in [-0.2, -0.15) is 5.10 Å². The molecule has 0 aliphatic rings. The Hall–Kier alpha value is -3.41. The number of carbonyl (C=O) groups excluding carboxylic acids is 1. The molecule has 28 heavy (non-hydrogen) atoms. The molecule has 6 heteroatoms. The lowest BCUT2D eigenvalue weighted by Gasteiger charge is -2.08. The van der Waals surface area contributed by atoms with Crippen LogP contribution in [-0.2, 0) is 0 Å². The first-order chi connectivity index (χ1) is 13.4. The first kappa shape index (κ1) is 19.4. The van der Waals surface area contributed by atoms with Crippen molar-refractivity contribution in [3.8, 4) is 17.2 Å². The van der Waals surface area contributed by atoms with Crippen molar-refractivity contribution in [2.45, 2.75) is 13.8 Å². The Labute approximate surface area is 163 Å². The molecule has 0 saturated heterocycles. The van der Waals surface area contributed by atoms with Crippen LogP contribution in [0, 0.1) is 19.7 Å². The summed E-state index contributed by atoms with van der Waals surface area (Å²) >= 11 is 0. The van der Waals surface area contributed by atoms with Crippen molar-refractivity contribution in [1.82, 2.24) is 9.78 Å². The molecule has 3 aromatic rings. The fraction of sp³-hybridized carbons (Fsp3) is 0.182. The van der Waals surface area contributed by atoms with Gasteiger partial charge in [-0.25, -0.2) is 9.07 Å². The zero-order chi connectivity index (χ0) is 20.3. The molecule has 5 nitrogen and oxygen atoms in total. The summed E-state index contributed by atoms with van der Waals surface area (Å²) in [4.78, 5) is 12.6. The fourth-order valence-electron chi connectivity index (χ4n) is 2.97. The number of methoxy groups -OCH3 is 2. The first-order valence-corrected chi connectivity index (χ1v) is 8.71. The molecule has 144 valence electrons. The number of rotatable bonds is 6. The van der Waals surface area contributed by atoms with E-state index in [1.54, 1.807) is 48.2 Å². The second-order valence-electron chi connectivity index (χ2n) is 6.24. The largest absolute Gasteiger partial charge is 0.493 e. The molecule has 0 fully saturated rings. The summed E-state index contributed by atoms with van der Waals surface area (Å²) in [6.07, 6.45) is 3.25. The van der Waals surface area contributed by atoms with E-state index in [0.29, 0.717) is 17.1 Å². The molecule has 0 aliphatic carbocycles. The van der Waals surface area contributed by atoms with Crippen molar-refractivity contribution < 1.29 is 18.7 Å². The van der Waals surface area contributed by atoms with Crippen LogP contribution < -0.4 is 9.47 Å². The van der Waals surface area contributed by atoms with E-state index in [1.807, 2.05) is 13.8 Å². The topological polar surface area (TPSA) is 53.3 Å². The van der Waals surface area contributed by atoms with Crippen LogP contribution in [-0.4, -0.2) is 29.8 Å². The predicted molar refractivity (Wildman–Crippen MR) is 106 cm³/mol. The van der Waals surface area contributed by atoms with Crippen molar-refractivity contribution in [3.05, 3.63) is 76.9 Å². The van der Waals surface area contributed by atoms with E-state index in [0.717, 1.165) is 22.6 Å². The van der Waals surface area contributed by atoms with Crippen LogP contribution >= 0.6 is 0 Å². The van der Waals surface area contributed by atoms with E-state index >= 15 is 0 Å². The SMILES string of the molecule is COc1ccc(C(=O)C=Cc2c(C)nn(-c3ccc(F)cc3)c2C)cc1OC. The van der Waals surface area contributed by atoms with E-state index < -0.39 is 0 Å². The maximum Gasteiger partial charge on any atom is 0.185 e. The van der Waals surface area contributed by atoms with Gasteiger partial charge in [0.25, 0.3) is 0 Å². The number of hydrogen-bond donors (Lipinski definition) is 0. The highest BCUT2D eigenvalue weighted by molar-refractivity contribution is 6.07. The van der Waals surface area contributed by atoms with Gasteiger partial charge in [-0.15, -0.1) is 0 Å². The molecule has 0 unspecified atom stereocenters. The Morgan fingerprint density at radius 3 is 2.36 bits per heavy atom. The van der Waals surface area contributed by atoms with Crippen molar-refractivity contribution in [2.75, 3.05) is 14.2 Å². The highest BCUT2D eigenvalue weighted by Gasteiger charge is 2.12. The van der Waals surface area contributed by atoms with Crippen LogP contribution in [0.4, 0.5) is 4.39 Å². The van der Waals surface area contributed by atoms with Crippen LogP contribution in [0.5, 0.6) is 11.5 Å². The molecule has 0 amide bonds. The maximum absolute atomic E-state index is 13.2. The van der Waals surface area contributed by atoms with Gasteiger partial charge in [0.05, 0.1) is 25.6 Å². The number of halogens is 1. The van der Waals surface area contributed by atoms with Crippen LogP contribution in [0.3, 0.4) is 0 Å². The molecule has 3 rings (SSSR count). The van der Waals surface area contributed by atoms with Crippen molar-refractivity contribution in [3.63, 3.8) is 0 Å². The molecule has 0 bridgehead atoms. The van der Waals surface area contributed by atoms with Crippen molar-refractivity contribution >= 4 is 11.9 Å². The molecule has 1 heterocycles. The average Bonchev–Trinajstić information content (AvgIpc) is 2.99. The van der Waals surface area contributed by atoms with E-state index in [-0.39, 0.29) is 11.6 Å². The summed E-state index contributed by atoms with van der Waals surface area (Å²) < 4.78 is 25.3. The van der Waals surface area contributed by atoms with Gasteiger partial charge in [-0.05, 0) is 68.5 Å². The lowest BCUT2D eigenvalue weighted by Crippen LogP contribution is -1.99. The van der Waals surface area contributed by atoms with E-state index in [4.69, 9.17) is 9.47 Å². The molecule has 2 aromatic carbocycles. The third-order valence-electron chi connectivity index (χ3n) is 4.49. The third-order valence-corrected chi connectivity index (χ3v) is 4.49. The molecule has 0 radical (unpaired) electrons. The van der Waals surface area contributed by atoms with Gasteiger partial charge in [0.2, 0.25) is 0 Å². The fourth-order valence-corrected chi connectivity index (χ4v) is 2.97. The molecular formula is C22H21FN2O3. The number of aryl methyl sites for hydroxylation is 1. The lowest BCUT2D eigenvalue weighted by molar-refractivity contribution is 0.104. The minimum absolute atomic E-state index is 0.158. The number of carbonyl (C=O) groups is 1. The Balaban J connectivity index is 1.88. The second kappa shape index (κ2) is 8.08. The minimum atomic E-state index is -0.300. The molecule has 0 aliphatic heterocycles. The molecule has 0 spiro atoms. The van der Waals surface area contributed by atoms with Gasteiger partial charge in [-0.3, -0.25) is 4.79 Å². The summed E-state index contributed by atoms with van der Waals surface area (Å²) in [5, 5.41) is 4.51. The van der Waals surface area contributed by atoms with Gasteiger partial charge >= 0.3 is 0 Å². The van der Waals surface area contributed by atoms with Gasteiger partial charge in [0.1, 0.15) is 5.82 Å². The standard InChI is InChI=1S/C22H21FN2O3/c1-14-19(15(2)25(24-14)18-8-6-17(23)7-9-18)10-11-20(26)16-5-12-21(27-3)22(13-16)28-4/h5-13H,1-4H3. The van der Waals surface area contributed by atoms with Crippen LogP contribution in [0.15, 0.2) is 48.5 Å². The van der Waals surface area contributed by atoms with Gasteiger partial charge in [-0.1, -0.05) is 0 Å². The maximum atomic E-state index is 13.2. The Morgan fingerprint density at radius 2 is 1.71 bits per heavy atom. The zero-order valence-corrected chi connectivity index (χ0v) is 16.2. The van der Waals surface area contributed by atoms with E-state index in [1.165, 1.54) is 25.3 Å². The van der Waals surface area contributed by atoms with E-state index in [9.17, 15) is 9.18 Å². The number of ether oxygens (including phenoxy) is 2. The Kier molecular flexibility index (Phi) is 5.59. The molecule has 0 saturated carbocycles. The third kappa shape index (κ3) is 3.81. The quantitative estimate of drug-likeness (QED) is 0.465. The molecule has 1 aromatic heterocycles. The number of hydrogen-bond acceptors (Lipinski definition) is 4. The summed E-state index contributed by atoms with van der Waals surface area (Å²) in [5.74, 6) is 0.605. The first-order valence-electron chi connectivity index (χ1n) is 8.71. The molecule has 0 N–H and O–H groups in total. The lowest BCUT2D eigenvalue weighted by atomic mass is 10.1. The number of aromatic nitrogens is 2. The van der Waals surface area contributed by atoms with Crippen LogP contribution in [0.2, 0.25) is 0 Å². The molecular weight excluding hydrogens is 359 g/mol. The highest BCUT2D eigenvalue weighted by atomic mass is 19.1. The van der Waals surface area contributed by atoms with Crippen molar-refractivity contribution in [2.24, 2.45) is 0 Å². The number of benzene rings is 2. The van der Waals surface area contributed by atoms with Crippen LogP contribution in [0.1, 0.15) is 27.3 Å². The highest BCUT2D eigenvalue weighted by Crippen LogP contribution is 2.28. The molecule has 0 atom stereocenters. The Bertz CT molecular complexity index is 1040. The minimum Gasteiger partial charge on any atom is -0.493 e. The van der Waals surface area contributed by atoms with E-state index in [2.05, 4.69) is 5.10 Å². The second-order valence-corrected chi connectivity index (χ2v) is 6.24. The number of allylic oxidation sites excluding steroid dienone is 1. The smallest absolute Gasteiger partial charge is 0.185 e. The number of ketones is 1. The number of nitrogens with zero attached hydrogens (tertiary/aromatic N) is 2. The average molecular weight is 380 g/mol. The summed E-state index contributed by atoms with van der Waals surface area (Å²) in [7, 11) is 3.07. The predicted octanol–water partition coefficient (Wildman–Crippen LogP) is 4.54. The van der Waals surface area contributed by atoms with Gasteiger partial charge < -0.3 is 9.47 Å². The normalized spacial score (nSPS) is 11.0. The summed E-state index contributed by atoms with van der Waals surface area (Å²) in [6.45, 7) is 3.78. The van der Waals surface area contributed by atoms with Gasteiger partial charge in [0.15, 0.2) is 17.3 Å². The van der Waals surface area contributed by atoms with Gasteiger partial charge in [0, 0.05) is 16.8 Å². The van der Waals surface area contributed by atoms with Crippen molar-refractivity contribution in [1.29, 1.82) is 0 Å². The zero-order valence-electron chi connectivity index (χ0n) is 16.2. The summed E-state index contributed by atoms with van der Waals surface area (Å²) in [5.41, 5.74) is 3.74. The van der Waals surface area contributed by atoms with Crippen LogP contribution in [0.25, 0.3) is 11.8 Å².